The Hall–Kier alpha value is -2.67. The average molecular weight is 458 g/mol. The minimum absolute atomic E-state index is 0.0598. The third-order valence-corrected chi connectivity index (χ3v) is 5.36. The number of carbonyl (C=O) groups is 1. The number of unbranched alkanes of at least 4 members (excludes halogenated alkanes) is 1. The van der Waals surface area contributed by atoms with Crippen LogP contribution in [0.3, 0.4) is 0 Å². The molecule has 1 heterocycles. The molecule has 0 spiro atoms. The summed E-state index contributed by atoms with van der Waals surface area (Å²) in [7, 11) is 0. The number of halogens is 1. The highest BCUT2D eigenvalue weighted by Crippen LogP contribution is 2.45. The number of carbonyl (C=O) groups excluding carboxylic acids is 1. The van der Waals surface area contributed by atoms with Gasteiger partial charge in [-0.15, -0.1) is 5.11 Å². The quantitative estimate of drug-likeness (QED) is 0.312. The number of aromatic nitrogens is 1. The van der Waals surface area contributed by atoms with E-state index in [1.807, 2.05) is 43.3 Å². The van der Waals surface area contributed by atoms with Crippen molar-refractivity contribution in [3.63, 3.8) is 0 Å². The third-order valence-electron chi connectivity index (χ3n) is 4.75. The van der Waals surface area contributed by atoms with Gasteiger partial charge in [0.15, 0.2) is 5.75 Å². The summed E-state index contributed by atoms with van der Waals surface area (Å²) in [6.45, 7) is 6.81. The first-order valence-corrected chi connectivity index (χ1v) is 10.5. The van der Waals surface area contributed by atoms with Crippen molar-refractivity contribution in [1.82, 2.24) is 4.57 Å². The Kier molecular flexibility index (Phi) is 6.69. The van der Waals surface area contributed by atoms with Crippen molar-refractivity contribution in [1.29, 1.82) is 0 Å². The van der Waals surface area contributed by atoms with Crippen LogP contribution in [0.15, 0.2) is 51.1 Å². The Labute approximate surface area is 178 Å². The summed E-state index contributed by atoms with van der Waals surface area (Å²) < 4.78 is 7.88. The van der Waals surface area contributed by atoms with Crippen LogP contribution in [-0.2, 0) is 11.3 Å². The fraction of sp³-hybridized carbons (Fsp3) is 0.318. The molecule has 0 aliphatic heterocycles. The lowest BCUT2D eigenvalue weighted by atomic mass is 10.1. The molecule has 0 aliphatic rings. The molecule has 0 amide bonds. The van der Waals surface area contributed by atoms with Crippen LogP contribution in [0.2, 0.25) is 0 Å². The number of benzene rings is 2. The van der Waals surface area contributed by atoms with E-state index in [1.54, 1.807) is 6.92 Å². The van der Waals surface area contributed by atoms with Gasteiger partial charge in [0.25, 0.3) is 0 Å². The number of rotatable bonds is 7. The van der Waals surface area contributed by atoms with E-state index in [9.17, 15) is 9.90 Å². The molecule has 0 saturated heterocycles. The van der Waals surface area contributed by atoms with Gasteiger partial charge < -0.3 is 14.4 Å². The smallest absolute Gasteiger partial charge is 0.340 e. The van der Waals surface area contributed by atoms with E-state index in [0.29, 0.717) is 21.1 Å². The van der Waals surface area contributed by atoms with E-state index in [4.69, 9.17) is 4.74 Å². The first-order chi connectivity index (χ1) is 14.0. The summed E-state index contributed by atoms with van der Waals surface area (Å²) in [6.07, 6.45) is 1.99. The lowest BCUT2D eigenvalue weighted by Gasteiger charge is -2.09. The van der Waals surface area contributed by atoms with E-state index in [2.05, 4.69) is 37.6 Å². The number of hydrogen-bond donors (Lipinski definition) is 1. The highest BCUT2D eigenvalue weighted by molar-refractivity contribution is 9.10. The maximum atomic E-state index is 12.8. The predicted octanol–water partition coefficient (Wildman–Crippen LogP) is 6.81. The van der Waals surface area contributed by atoms with Gasteiger partial charge in [-0.25, -0.2) is 4.79 Å². The molecule has 0 unspecified atom stereocenters. The summed E-state index contributed by atoms with van der Waals surface area (Å²) in [6, 6.07) is 11.1. The van der Waals surface area contributed by atoms with E-state index >= 15 is 0 Å². The van der Waals surface area contributed by atoms with Crippen LogP contribution in [0, 0.1) is 6.92 Å². The summed E-state index contributed by atoms with van der Waals surface area (Å²) in [5, 5.41) is 19.9. The number of aromatic hydroxyl groups is 1. The number of phenols is 1. The fourth-order valence-corrected chi connectivity index (χ4v) is 3.73. The molecule has 29 heavy (non-hydrogen) atoms. The highest BCUT2D eigenvalue weighted by Gasteiger charge is 2.26. The van der Waals surface area contributed by atoms with Crippen LogP contribution in [0.5, 0.6) is 5.75 Å². The van der Waals surface area contributed by atoms with Crippen molar-refractivity contribution >= 4 is 44.2 Å². The van der Waals surface area contributed by atoms with Crippen LogP contribution in [-0.4, -0.2) is 22.2 Å². The molecule has 152 valence electrons. The summed E-state index contributed by atoms with van der Waals surface area (Å²) in [4.78, 5) is 12.8. The molecule has 0 radical (unpaired) electrons. The number of nitrogens with zero attached hydrogens (tertiary/aromatic N) is 3. The fourth-order valence-electron chi connectivity index (χ4n) is 3.33. The molecule has 0 aliphatic carbocycles. The summed E-state index contributed by atoms with van der Waals surface area (Å²) in [5.74, 6) is -0.487. The van der Waals surface area contributed by atoms with Crippen LogP contribution in [0.4, 0.5) is 11.4 Å². The second kappa shape index (κ2) is 9.22. The summed E-state index contributed by atoms with van der Waals surface area (Å²) in [5.41, 5.74) is 2.92. The Balaban J connectivity index is 2.30. The number of ether oxygens (including phenoxy) is 1. The molecular formula is C22H24BrN3O3. The number of esters is 1. The van der Waals surface area contributed by atoms with Crippen molar-refractivity contribution in [3.8, 4) is 5.75 Å². The number of azo groups is 1. The van der Waals surface area contributed by atoms with Crippen LogP contribution < -0.4 is 0 Å². The van der Waals surface area contributed by atoms with E-state index in [1.165, 1.54) is 0 Å². The minimum Gasteiger partial charge on any atom is -0.504 e. The molecule has 0 fully saturated rings. The lowest BCUT2D eigenvalue weighted by Crippen LogP contribution is -2.07. The first-order valence-electron chi connectivity index (χ1n) is 9.67. The van der Waals surface area contributed by atoms with E-state index in [-0.39, 0.29) is 18.0 Å². The SMILES string of the molecule is CCCCn1c(C)c(C(=O)OCC)c2c(N=Nc3ccccc3)c(O)c(Br)cc21. The molecule has 1 aromatic heterocycles. The molecule has 3 aromatic rings. The summed E-state index contributed by atoms with van der Waals surface area (Å²) >= 11 is 3.42. The zero-order valence-electron chi connectivity index (χ0n) is 16.8. The monoisotopic (exact) mass is 457 g/mol. The molecule has 0 atom stereocenters. The normalized spacial score (nSPS) is 11.4. The van der Waals surface area contributed by atoms with Crippen LogP contribution in [0.25, 0.3) is 10.9 Å². The van der Waals surface area contributed by atoms with Crippen molar-refractivity contribution in [2.24, 2.45) is 10.2 Å². The van der Waals surface area contributed by atoms with Gasteiger partial charge >= 0.3 is 5.97 Å². The molecule has 0 saturated carbocycles. The molecule has 1 N–H and O–H groups in total. The molecule has 7 heteroatoms. The molecule has 6 nitrogen and oxygen atoms in total. The maximum Gasteiger partial charge on any atom is 0.340 e. The Morgan fingerprint density at radius 1 is 1.21 bits per heavy atom. The number of aryl methyl sites for hydroxylation is 1. The second-order valence-electron chi connectivity index (χ2n) is 6.67. The van der Waals surface area contributed by atoms with Crippen molar-refractivity contribution in [2.45, 2.75) is 40.2 Å². The van der Waals surface area contributed by atoms with Gasteiger partial charge in [0.2, 0.25) is 0 Å². The molecule has 2 aromatic carbocycles. The van der Waals surface area contributed by atoms with Crippen molar-refractivity contribution in [2.75, 3.05) is 6.61 Å². The van der Waals surface area contributed by atoms with Gasteiger partial charge in [-0.2, -0.15) is 5.11 Å². The van der Waals surface area contributed by atoms with Crippen molar-refractivity contribution in [3.05, 3.63) is 52.1 Å². The topological polar surface area (TPSA) is 76.2 Å². The van der Waals surface area contributed by atoms with Gasteiger partial charge in [-0.1, -0.05) is 31.5 Å². The minimum atomic E-state index is -0.428. The Bertz CT molecular complexity index is 1060. The highest BCUT2D eigenvalue weighted by atomic mass is 79.9. The standard InChI is InChI=1S/C22H24BrN3O3/c1-4-6-12-26-14(3)18(22(28)29-5-2)19-17(26)13-16(23)21(27)20(19)25-24-15-10-8-7-9-11-15/h7-11,13,27H,4-6,12H2,1-3H3. The van der Waals surface area contributed by atoms with Gasteiger partial charge in [0.05, 0.1) is 27.8 Å². The van der Waals surface area contributed by atoms with Gasteiger partial charge in [0, 0.05) is 17.6 Å². The number of fused-ring (bicyclic) bond motifs is 1. The van der Waals surface area contributed by atoms with Crippen LogP contribution >= 0.6 is 15.9 Å². The van der Waals surface area contributed by atoms with E-state index in [0.717, 1.165) is 30.6 Å². The van der Waals surface area contributed by atoms with Crippen molar-refractivity contribution < 1.29 is 14.6 Å². The largest absolute Gasteiger partial charge is 0.504 e. The lowest BCUT2D eigenvalue weighted by molar-refractivity contribution is 0.0527. The molecule has 3 rings (SSSR count). The predicted molar refractivity (Wildman–Crippen MR) is 118 cm³/mol. The van der Waals surface area contributed by atoms with E-state index < -0.39 is 5.97 Å². The number of phenolic OH excluding ortho intramolecular Hbond substituents is 1. The third kappa shape index (κ3) is 4.19. The zero-order valence-corrected chi connectivity index (χ0v) is 18.4. The first kappa shape index (κ1) is 21.0. The average Bonchev–Trinajstić information content (AvgIpc) is 2.98. The van der Waals surface area contributed by atoms with Gasteiger partial charge in [0.1, 0.15) is 5.69 Å². The maximum absolute atomic E-state index is 12.8. The Morgan fingerprint density at radius 2 is 1.93 bits per heavy atom. The van der Waals surface area contributed by atoms with Gasteiger partial charge in [-0.3, -0.25) is 0 Å². The zero-order chi connectivity index (χ0) is 21.0. The Morgan fingerprint density at radius 3 is 2.59 bits per heavy atom. The van der Waals surface area contributed by atoms with Gasteiger partial charge in [-0.05, 0) is 54.4 Å². The number of hydrogen-bond acceptors (Lipinski definition) is 5. The molecular weight excluding hydrogens is 434 g/mol. The molecule has 0 bridgehead atoms. The second-order valence-corrected chi connectivity index (χ2v) is 7.53. The van der Waals surface area contributed by atoms with Crippen LogP contribution in [0.1, 0.15) is 42.7 Å².